The minimum atomic E-state index is -0.629. The Morgan fingerprint density at radius 1 is 1.25 bits per heavy atom. The molecule has 0 bridgehead atoms. The van der Waals surface area contributed by atoms with Crippen molar-refractivity contribution in [3.8, 4) is 11.5 Å². The number of aliphatic hydroxyl groups is 1. The van der Waals surface area contributed by atoms with E-state index in [1.54, 1.807) is 19.9 Å². The topological polar surface area (TPSA) is 60.7 Å². The number of phenolic OH excluding ortho intramolecular Hbond substituents is 2. The Balaban J connectivity index is 3.21. The van der Waals surface area contributed by atoms with Gasteiger partial charge in [-0.25, -0.2) is 0 Å². The SMILES string of the molecule is Cc1cc(C(C)O)cc(O)c1O. The van der Waals surface area contributed by atoms with Crippen molar-refractivity contribution in [3.63, 3.8) is 0 Å². The number of hydrogen-bond acceptors (Lipinski definition) is 3. The Labute approximate surface area is 70.9 Å². The van der Waals surface area contributed by atoms with Crippen molar-refractivity contribution in [1.29, 1.82) is 0 Å². The summed E-state index contributed by atoms with van der Waals surface area (Å²) in [5, 5.41) is 27.5. The Morgan fingerprint density at radius 2 is 1.83 bits per heavy atom. The van der Waals surface area contributed by atoms with Gasteiger partial charge in [-0.2, -0.15) is 0 Å². The number of rotatable bonds is 1. The molecular weight excluding hydrogens is 156 g/mol. The number of benzene rings is 1. The molecule has 66 valence electrons. The van der Waals surface area contributed by atoms with Crippen LogP contribution in [0.1, 0.15) is 24.2 Å². The molecule has 0 aromatic heterocycles. The van der Waals surface area contributed by atoms with Crippen LogP contribution >= 0.6 is 0 Å². The fourth-order valence-electron chi connectivity index (χ4n) is 1.03. The monoisotopic (exact) mass is 168 g/mol. The third kappa shape index (κ3) is 1.51. The van der Waals surface area contributed by atoms with E-state index in [0.717, 1.165) is 0 Å². The van der Waals surface area contributed by atoms with Crippen molar-refractivity contribution < 1.29 is 15.3 Å². The molecule has 1 aromatic rings. The summed E-state index contributed by atoms with van der Waals surface area (Å²) in [4.78, 5) is 0. The van der Waals surface area contributed by atoms with Crippen molar-refractivity contribution in [2.75, 3.05) is 0 Å². The summed E-state index contributed by atoms with van der Waals surface area (Å²) < 4.78 is 0. The molecule has 0 aliphatic heterocycles. The highest BCUT2D eigenvalue weighted by Gasteiger charge is 2.08. The molecule has 0 saturated carbocycles. The van der Waals surface area contributed by atoms with Gasteiger partial charge in [0.05, 0.1) is 6.10 Å². The molecule has 0 aliphatic carbocycles. The van der Waals surface area contributed by atoms with Crippen LogP contribution in [-0.2, 0) is 0 Å². The van der Waals surface area contributed by atoms with E-state index in [-0.39, 0.29) is 11.5 Å². The molecule has 0 radical (unpaired) electrons. The summed E-state index contributed by atoms with van der Waals surface area (Å²) in [6, 6.07) is 2.99. The lowest BCUT2D eigenvalue weighted by Gasteiger charge is -2.08. The van der Waals surface area contributed by atoms with Crippen molar-refractivity contribution in [1.82, 2.24) is 0 Å². The quantitative estimate of drug-likeness (QED) is 0.556. The molecule has 0 spiro atoms. The molecule has 0 heterocycles. The van der Waals surface area contributed by atoms with Crippen LogP contribution in [-0.4, -0.2) is 15.3 Å². The molecule has 1 rings (SSSR count). The van der Waals surface area contributed by atoms with E-state index in [1.165, 1.54) is 6.07 Å². The molecular formula is C9H12O3. The van der Waals surface area contributed by atoms with Crippen molar-refractivity contribution in [2.45, 2.75) is 20.0 Å². The standard InChI is InChI=1S/C9H12O3/c1-5-3-7(6(2)10)4-8(11)9(5)12/h3-4,6,10-12H,1-2H3. The van der Waals surface area contributed by atoms with Gasteiger partial charge in [0.2, 0.25) is 0 Å². The van der Waals surface area contributed by atoms with Crippen LogP contribution in [0.2, 0.25) is 0 Å². The predicted octanol–water partition coefficient (Wildman–Crippen LogP) is 1.46. The maximum absolute atomic E-state index is 9.18. The summed E-state index contributed by atoms with van der Waals surface area (Å²) in [6.07, 6.45) is -0.629. The molecule has 0 amide bonds. The van der Waals surface area contributed by atoms with E-state index in [0.29, 0.717) is 11.1 Å². The van der Waals surface area contributed by atoms with Crippen LogP contribution in [0, 0.1) is 6.92 Å². The van der Waals surface area contributed by atoms with Crippen molar-refractivity contribution in [3.05, 3.63) is 23.3 Å². The first kappa shape index (κ1) is 8.87. The number of phenols is 2. The van der Waals surface area contributed by atoms with E-state index < -0.39 is 6.10 Å². The fraction of sp³-hybridized carbons (Fsp3) is 0.333. The smallest absolute Gasteiger partial charge is 0.160 e. The van der Waals surface area contributed by atoms with Gasteiger partial charge in [-0.15, -0.1) is 0 Å². The first-order valence-corrected chi connectivity index (χ1v) is 3.73. The lowest BCUT2D eigenvalue weighted by atomic mass is 10.1. The average Bonchev–Trinajstić information content (AvgIpc) is 1.99. The zero-order valence-corrected chi connectivity index (χ0v) is 7.07. The van der Waals surface area contributed by atoms with Gasteiger partial charge in [0.25, 0.3) is 0 Å². The largest absolute Gasteiger partial charge is 0.504 e. The number of hydrogen-bond donors (Lipinski definition) is 3. The van der Waals surface area contributed by atoms with E-state index in [2.05, 4.69) is 0 Å². The zero-order chi connectivity index (χ0) is 9.30. The van der Waals surface area contributed by atoms with Crippen LogP contribution in [0.25, 0.3) is 0 Å². The second-order valence-corrected chi connectivity index (χ2v) is 2.88. The van der Waals surface area contributed by atoms with Gasteiger partial charge < -0.3 is 15.3 Å². The van der Waals surface area contributed by atoms with Gasteiger partial charge in [0.15, 0.2) is 11.5 Å². The molecule has 0 aliphatic rings. The Kier molecular flexibility index (Phi) is 2.24. The maximum Gasteiger partial charge on any atom is 0.160 e. The van der Waals surface area contributed by atoms with Crippen LogP contribution in [0.4, 0.5) is 0 Å². The maximum atomic E-state index is 9.18. The summed E-state index contributed by atoms with van der Waals surface area (Å²) in [7, 11) is 0. The number of aromatic hydroxyl groups is 2. The second kappa shape index (κ2) is 3.03. The molecule has 1 atom stereocenters. The van der Waals surface area contributed by atoms with Gasteiger partial charge in [0.1, 0.15) is 0 Å². The van der Waals surface area contributed by atoms with Crippen LogP contribution in [0.15, 0.2) is 12.1 Å². The Hall–Kier alpha value is -1.22. The van der Waals surface area contributed by atoms with Gasteiger partial charge in [-0.1, -0.05) is 0 Å². The third-order valence-electron chi connectivity index (χ3n) is 1.79. The third-order valence-corrected chi connectivity index (χ3v) is 1.79. The molecule has 3 heteroatoms. The van der Waals surface area contributed by atoms with Gasteiger partial charge in [0, 0.05) is 0 Å². The lowest BCUT2D eigenvalue weighted by molar-refractivity contribution is 0.198. The van der Waals surface area contributed by atoms with Crippen LogP contribution in [0.3, 0.4) is 0 Å². The average molecular weight is 168 g/mol. The first-order chi connectivity index (χ1) is 5.52. The minimum absolute atomic E-state index is 0.126. The van der Waals surface area contributed by atoms with E-state index >= 15 is 0 Å². The summed E-state index contributed by atoms with van der Waals surface area (Å²) in [6.45, 7) is 3.27. The van der Waals surface area contributed by atoms with Gasteiger partial charge >= 0.3 is 0 Å². The fourth-order valence-corrected chi connectivity index (χ4v) is 1.03. The highest BCUT2D eigenvalue weighted by Crippen LogP contribution is 2.31. The van der Waals surface area contributed by atoms with E-state index in [4.69, 9.17) is 5.11 Å². The van der Waals surface area contributed by atoms with Gasteiger partial charge in [-0.05, 0) is 37.1 Å². The van der Waals surface area contributed by atoms with Crippen molar-refractivity contribution >= 4 is 0 Å². The number of aliphatic hydroxyl groups excluding tert-OH is 1. The van der Waals surface area contributed by atoms with Crippen LogP contribution in [0.5, 0.6) is 11.5 Å². The highest BCUT2D eigenvalue weighted by atomic mass is 16.3. The molecule has 12 heavy (non-hydrogen) atoms. The Bertz CT molecular complexity index is 269. The molecule has 1 aromatic carbocycles. The second-order valence-electron chi connectivity index (χ2n) is 2.88. The normalized spacial score (nSPS) is 12.9. The van der Waals surface area contributed by atoms with Crippen molar-refractivity contribution in [2.24, 2.45) is 0 Å². The van der Waals surface area contributed by atoms with Crippen LogP contribution < -0.4 is 0 Å². The Morgan fingerprint density at radius 3 is 2.25 bits per heavy atom. The number of aryl methyl sites for hydroxylation is 1. The van der Waals surface area contributed by atoms with E-state index in [1.807, 2.05) is 0 Å². The first-order valence-electron chi connectivity index (χ1n) is 3.73. The highest BCUT2D eigenvalue weighted by molar-refractivity contribution is 5.47. The molecule has 0 saturated heterocycles. The molecule has 3 N–H and O–H groups in total. The zero-order valence-electron chi connectivity index (χ0n) is 7.07. The predicted molar refractivity (Wildman–Crippen MR) is 45.1 cm³/mol. The molecule has 1 unspecified atom stereocenters. The van der Waals surface area contributed by atoms with Gasteiger partial charge in [-0.3, -0.25) is 0 Å². The molecule has 3 nitrogen and oxygen atoms in total. The summed E-state index contributed by atoms with van der Waals surface area (Å²) in [5.41, 5.74) is 1.16. The lowest BCUT2D eigenvalue weighted by Crippen LogP contribution is -1.91. The minimum Gasteiger partial charge on any atom is -0.504 e. The summed E-state index contributed by atoms with van der Waals surface area (Å²) in [5.74, 6) is -0.315. The molecule has 0 fully saturated rings. The van der Waals surface area contributed by atoms with E-state index in [9.17, 15) is 10.2 Å². The summed E-state index contributed by atoms with van der Waals surface area (Å²) >= 11 is 0.